The molecule has 0 fully saturated rings. The standard InChI is InChI=1S/C12H7Cl3N2O3/c13-8-2-1-3-9(17(18)19)11(8)20-6-7-4-5-10(14)16-12(7)15/h1-5H,6H2. The number of nitrogens with zero attached hydrogens (tertiary/aromatic N) is 2. The number of hydrogen-bond donors (Lipinski definition) is 0. The fourth-order valence-corrected chi connectivity index (χ4v) is 2.11. The Labute approximate surface area is 129 Å². The fraction of sp³-hybridized carbons (Fsp3) is 0.0833. The van der Waals surface area contributed by atoms with Crippen LogP contribution in [0.2, 0.25) is 15.3 Å². The number of benzene rings is 1. The molecule has 2 aromatic rings. The highest BCUT2D eigenvalue weighted by Gasteiger charge is 2.18. The maximum Gasteiger partial charge on any atom is 0.312 e. The van der Waals surface area contributed by atoms with E-state index in [0.717, 1.165) is 0 Å². The highest BCUT2D eigenvalue weighted by Crippen LogP contribution is 2.35. The number of nitro benzene ring substituents is 1. The quantitative estimate of drug-likeness (QED) is 0.468. The van der Waals surface area contributed by atoms with Crippen LogP contribution in [0.5, 0.6) is 5.75 Å². The number of para-hydroxylation sites is 1. The molecule has 0 aliphatic rings. The molecule has 0 amide bonds. The molecule has 0 saturated carbocycles. The Morgan fingerprint density at radius 2 is 1.95 bits per heavy atom. The van der Waals surface area contributed by atoms with E-state index in [1.165, 1.54) is 18.2 Å². The summed E-state index contributed by atoms with van der Waals surface area (Å²) in [6.07, 6.45) is 0. The molecule has 8 heteroatoms. The summed E-state index contributed by atoms with van der Waals surface area (Å²) in [6.45, 7) is -0.00637. The van der Waals surface area contributed by atoms with E-state index in [0.29, 0.717) is 5.56 Å². The Bertz CT molecular complexity index is 664. The fourth-order valence-electron chi connectivity index (χ4n) is 1.48. The molecular weight excluding hydrogens is 327 g/mol. The van der Waals surface area contributed by atoms with Gasteiger partial charge in [-0.05, 0) is 18.2 Å². The van der Waals surface area contributed by atoms with Gasteiger partial charge in [-0.1, -0.05) is 40.9 Å². The molecule has 104 valence electrons. The van der Waals surface area contributed by atoms with Crippen molar-refractivity contribution in [2.75, 3.05) is 0 Å². The molecule has 0 saturated heterocycles. The monoisotopic (exact) mass is 332 g/mol. The van der Waals surface area contributed by atoms with E-state index in [2.05, 4.69) is 4.98 Å². The van der Waals surface area contributed by atoms with E-state index in [4.69, 9.17) is 39.5 Å². The third-order valence-corrected chi connectivity index (χ3v) is 3.24. The van der Waals surface area contributed by atoms with Crippen LogP contribution in [0.15, 0.2) is 30.3 Å². The van der Waals surface area contributed by atoms with Gasteiger partial charge in [0.2, 0.25) is 5.75 Å². The lowest BCUT2D eigenvalue weighted by Gasteiger charge is -2.09. The second-order valence-electron chi connectivity index (χ2n) is 3.72. The normalized spacial score (nSPS) is 10.3. The molecule has 1 aromatic heterocycles. The van der Waals surface area contributed by atoms with Crippen LogP contribution in [0.3, 0.4) is 0 Å². The van der Waals surface area contributed by atoms with Gasteiger partial charge in [0.15, 0.2) is 0 Å². The summed E-state index contributed by atoms with van der Waals surface area (Å²) in [6, 6.07) is 7.46. The molecule has 5 nitrogen and oxygen atoms in total. The van der Waals surface area contributed by atoms with E-state index in [1.807, 2.05) is 0 Å². The average Bonchev–Trinajstić information content (AvgIpc) is 2.38. The van der Waals surface area contributed by atoms with Crippen molar-refractivity contribution in [1.82, 2.24) is 4.98 Å². The molecular formula is C12H7Cl3N2O3. The van der Waals surface area contributed by atoms with E-state index in [-0.39, 0.29) is 33.4 Å². The number of aromatic nitrogens is 1. The first kappa shape index (κ1) is 14.8. The van der Waals surface area contributed by atoms with E-state index >= 15 is 0 Å². The van der Waals surface area contributed by atoms with Crippen LogP contribution in [0.1, 0.15) is 5.56 Å². The predicted molar refractivity (Wildman–Crippen MR) is 76.7 cm³/mol. The minimum atomic E-state index is -0.567. The van der Waals surface area contributed by atoms with E-state index < -0.39 is 4.92 Å². The van der Waals surface area contributed by atoms with Crippen LogP contribution in [0.4, 0.5) is 5.69 Å². The maximum absolute atomic E-state index is 10.9. The zero-order valence-electron chi connectivity index (χ0n) is 9.85. The van der Waals surface area contributed by atoms with Crippen LogP contribution >= 0.6 is 34.8 Å². The zero-order chi connectivity index (χ0) is 14.7. The summed E-state index contributed by atoms with van der Waals surface area (Å²) < 4.78 is 5.39. The molecule has 0 unspecified atom stereocenters. The maximum atomic E-state index is 10.9. The Hall–Kier alpha value is -1.56. The second kappa shape index (κ2) is 6.26. The van der Waals surface area contributed by atoms with Gasteiger partial charge in [-0.3, -0.25) is 10.1 Å². The molecule has 0 spiro atoms. The first-order valence-corrected chi connectivity index (χ1v) is 6.49. The number of pyridine rings is 1. The SMILES string of the molecule is O=[N+]([O-])c1cccc(Cl)c1OCc1ccc(Cl)nc1Cl. The lowest BCUT2D eigenvalue weighted by molar-refractivity contribution is -0.385. The van der Waals surface area contributed by atoms with Gasteiger partial charge >= 0.3 is 5.69 Å². The van der Waals surface area contributed by atoms with E-state index in [9.17, 15) is 10.1 Å². The molecule has 0 aliphatic heterocycles. The lowest BCUT2D eigenvalue weighted by Crippen LogP contribution is -2.01. The summed E-state index contributed by atoms with van der Waals surface area (Å²) in [5.74, 6) is -0.00909. The number of rotatable bonds is 4. The van der Waals surface area contributed by atoms with Gasteiger partial charge < -0.3 is 4.74 Å². The summed E-state index contributed by atoms with van der Waals surface area (Å²) in [7, 11) is 0. The van der Waals surface area contributed by atoms with Crippen LogP contribution in [-0.2, 0) is 6.61 Å². The van der Waals surface area contributed by atoms with Crippen LogP contribution in [0, 0.1) is 10.1 Å². The lowest BCUT2D eigenvalue weighted by atomic mass is 10.3. The summed E-state index contributed by atoms with van der Waals surface area (Å²) in [4.78, 5) is 14.2. The van der Waals surface area contributed by atoms with Crippen molar-refractivity contribution in [3.63, 3.8) is 0 Å². The number of hydrogen-bond acceptors (Lipinski definition) is 4. The van der Waals surface area contributed by atoms with Crippen LogP contribution in [-0.4, -0.2) is 9.91 Å². The van der Waals surface area contributed by atoms with Gasteiger partial charge in [0.1, 0.15) is 16.9 Å². The van der Waals surface area contributed by atoms with Gasteiger partial charge in [-0.2, -0.15) is 0 Å². The Morgan fingerprint density at radius 1 is 1.20 bits per heavy atom. The minimum absolute atomic E-state index is 0.00637. The third-order valence-electron chi connectivity index (χ3n) is 2.41. The molecule has 0 bridgehead atoms. The average molecular weight is 334 g/mol. The van der Waals surface area contributed by atoms with Crippen molar-refractivity contribution in [2.45, 2.75) is 6.61 Å². The van der Waals surface area contributed by atoms with Crippen molar-refractivity contribution >= 4 is 40.5 Å². The Balaban J connectivity index is 2.25. The van der Waals surface area contributed by atoms with Crippen LogP contribution < -0.4 is 4.74 Å². The first-order chi connectivity index (χ1) is 9.49. The first-order valence-electron chi connectivity index (χ1n) is 5.35. The summed E-state index contributed by atoms with van der Waals surface area (Å²) in [5, 5.41) is 11.5. The molecule has 20 heavy (non-hydrogen) atoms. The Morgan fingerprint density at radius 3 is 2.60 bits per heavy atom. The van der Waals surface area contributed by atoms with Crippen molar-refractivity contribution in [3.8, 4) is 5.75 Å². The molecule has 0 aliphatic carbocycles. The van der Waals surface area contributed by atoms with Crippen molar-refractivity contribution in [2.24, 2.45) is 0 Å². The molecule has 0 atom stereocenters. The largest absolute Gasteiger partial charge is 0.481 e. The van der Waals surface area contributed by atoms with Gasteiger partial charge in [-0.25, -0.2) is 4.98 Å². The van der Waals surface area contributed by atoms with Crippen LogP contribution in [0.25, 0.3) is 0 Å². The third kappa shape index (κ3) is 3.30. The van der Waals surface area contributed by atoms with Gasteiger partial charge in [0.05, 0.1) is 9.95 Å². The van der Waals surface area contributed by atoms with Crippen molar-refractivity contribution in [3.05, 3.63) is 61.3 Å². The zero-order valence-corrected chi connectivity index (χ0v) is 12.1. The second-order valence-corrected chi connectivity index (χ2v) is 4.87. The van der Waals surface area contributed by atoms with Gasteiger partial charge in [0.25, 0.3) is 0 Å². The highest BCUT2D eigenvalue weighted by atomic mass is 35.5. The summed E-state index contributed by atoms with van der Waals surface area (Å²) >= 11 is 17.5. The highest BCUT2D eigenvalue weighted by molar-refractivity contribution is 6.33. The minimum Gasteiger partial charge on any atom is -0.481 e. The van der Waals surface area contributed by atoms with Gasteiger partial charge in [-0.15, -0.1) is 0 Å². The number of nitro groups is 1. The smallest absolute Gasteiger partial charge is 0.312 e. The summed E-state index contributed by atoms with van der Waals surface area (Å²) in [5.41, 5.74) is 0.334. The predicted octanol–water partition coefficient (Wildman–Crippen LogP) is 4.53. The van der Waals surface area contributed by atoms with Crippen molar-refractivity contribution in [1.29, 1.82) is 0 Å². The van der Waals surface area contributed by atoms with E-state index in [1.54, 1.807) is 12.1 Å². The topological polar surface area (TPSA) is 65.3 Å². The number of ether oxygens (including phenoxy) is 1. The molecule has 1 heterocycles. The number of halogens is 3. The molecule has 0 N–H and O–H groups in total. The molecule has 0 radical (unpaired) electrons. The van der Waals surface area contributed by atoms with Crippen molar-refractivity contribution < 1.29 is 9.66 Å². The molecule has 2 rings (SSSR count). The molecule has 1 aromatic carbocycles. The Kier molecular flexibility index (Phi) is 4.65. The van der Waals surface area contributed by atoms with Gasteiger partial charge in [0, 0.05) is 11.6 Å².